The second-order valence-electron chi connectivity index (χ2n) is 8.96. The van der Waals surface area contributed by atoms with Gasteiger partial charge in [0.05, 0.1) is 11.7 Å². The fourth-order valence-electron chi connectivity index (χ4n) is 4.29. The monoisotopic (exact) mass is 462 g/mol. The standard InChI is InChI=1S/C26H38O5S/c1-2-3-11-16-26(31,18-20-12-7-6-8-13-20)19-32-25-21(22(27)17-23(25)28)14-9-4-5-10-15-24(29)30/h4,6-9,12-13,21,23,25,28,31H,2-3,5,10-11,14-19H2,1H3,(H,29,30)/t21-,23?,25+,26?/m0/s1. The van der Waals surface area contributed by atoms with Crippen LogP contribution in [0.5, 0.6) is 0 Å². The molecule has 0 aromatic heterocycles. The third-order valence-electron chi connectivity index (χ3n) is 6.08. The molecule has 1 saturated carbocycles. The van der Waals surface area contributed by atoms with Crippen molar-refractivity contribution in [3.8, 4) is 0 Å². The van der Waals surface area contributed by atoms with Crippen LogP contribution in [0.4, 0.5) is 0 Å². The van der Waals surface area contributed by atoms with Gasteiger partial charge in [-0.3, -0.25) is 9.59 Å². The van der Waals surface area contributed by atoms with Crippen molar-refractivity contribution in [2.24, 2.45) is 5.92 Å². The van der Waals surface area contributed by atoms with Gasteiger partial charge < -0.3 is 15.3 Å². The van der Waals surface area contributed by atoms with Gasteiger partial charge in [0.2, 0.25) is 0 Å². The molecule has 3 N–H and O–H groups in total. The number of unbranched alkanes of at least 4 members (excludes halogenated alkanes) is 3. The first kappa shape index (κ1) is 26.6. The molecule has 1 aromatic rings. The van der Waals surface area contributed by atoms with E-state index in [1.54, 1.807) is 0 Å². The van der Waals surface area contributed by atoms with Gasteiger partial charge in [0.15, 0.2) is 0 Å². The molecule has 6 heteroatoms. The molecule has 0 bridgehead atoms. The molecular weight excluding hydrogens is 424 g/mol. The van der Waals surface area contributed by atoms with Crippen molar-refractivity contribution in [1.29, 1.82) is 0 Å². The van der Waals surface area contributed by atoms with Crippen molar-refractivity contribution >= 4 is 23.5 Å². The predicted molar refractivity (Wildman–Crippen MR) is 130 cm³/mol. The second-order valence-corrected chi connectivity index (χ2v) is 10.1. The first-order chi connectivity index (χ1) is 15.3. The number of thioether (sulfide) groups is 1. The highest BCUT2D eigenvalue weighted by molar-refractivity contribution is 8.00. The van der Waals surface area contributed by atoms with E-state index in [-0.39, 0.29) is 29.8 Å². The Balaban J connectivity index is 1.97. The van der Waals surface area contributed by atoms with E-state index >= 15 is 0 Å². The van der Waals surface area contributed by atoms with Gasteiger partial charge in [0.25, 0.3) is 0 Å². The Hall–Kier alpha value is -1.63. The predicted octanol–water partition coefficient (Wildman–Crippen LogP) is 4.79. The summed E-state index contributed by atoms with van der Waals surface area (Å²) in [5.74, 6) is -0.504. The SMILES string of the molecule is CCCCCC(O)(CS[C@H]1C(O)CC(=O)[C@@H]1CC=CCCCC(=O)O)Cc1ccccc1. The van der Waals surface area contributed by atoms with Crippen LogP contribution in [0.25, 0.3) is 0 Å². The molecule has 178 valence electrons. The van der Waals surface area contributed by atoms with Gasteiger partial charge >= 0.3 is 5.97 Å². The van der Waals surface area contributed by atoms with Crippen LogP contribution in [0.2, 0.25) is 0 Å². The Kier molecular flexibility index (Phi) is 11.5. The number of carboxylic acids is 1. The number of allylic oxidation sites excluding steroid dienone is 2. The maximum atomic E-state index is 12.5. The minimum atomic E-state index is -0.871. The number of benzene rings is 1. The zero-order valence-corrected chi connectivity index (χ0v) is 19.9. The summed E-state index contributed by atoms with van der Waals surface area (Å²) in [6, 6.07) is 9.98. The Labute approximate surface area is 196 Å². The number of aliphatic carboxylic acids is 1. The van der Waals surface area contributed by atoms with Crippen molar-refractivity contribution in [1.82, 2.24) is 0 Å². The van der Waals surface area contributed by atoms with Gasteiger partial charge in [-0.1, -0.05) is 68.7 Å². The third-order valence-corrected chi connectivity index (χ3v) is 7.82. The van der Waals surface area contributed by atoms with E-state index < -0.39 is 17.7 Å². The maximum absolute atomic E-state index is 12.5. The normalized spacial score (nSPS) is 23.0. The molecular formula is C26H38O5S. The van der Waals surface area contributed by atoms with Crippen molar-refractivity contribution in [3.63, 3.8) is 0 Å². The Bertz CT molecular complexity index is 735. The van der Waals surface area contributed by atoms with Gasteiger partial charge in [-0.25, -0.2) is 0 Å². The van der Waals surface area contributed by atoms with E-state index in [9.17, 15) is 19.8 Å². The number of hydrogen-bond acceptors (Lipinski definition) is 5. The Morgan fingerprint density at radius 3 is 2.62 bits per heavy atom. The largest absolute Gasteiger partial charge is 0.481 e. The fraction of sp³-hybridized carbons (Fsp3) is 0.615. The summed E-state index contributed by atoms with van der Waals surface area (Å²) in [6.07, 6.45) is 9.67. The lowest BCUT2D eigenvalue weighted by molar-refractivity contribution is -0.137. The lowest BCUT2D eigenvalue weighted by atomic mass is 9.91. The molecule has 2 unspecified atom stereocenters. The summed E-state index contributed by atoms with van der Waals surface area (Å²) in [4.78, 5) is 23.1. The lowest BCUT2D eigenvalue weighted by Crippen LogP contribution is -2.37. The zero-order valence-electron chi connectivity index (χ0n) is 19.1. The molecule has 0 aliphatic heterocycles. The molecule has 1 aliphatic rings. The smallest absolute Gasteiger partial charge is 0.303 e. The average molecular weight is 463 g/mol. The molecule has 1 aliphatic carbocycles. The van der Waals surface area contributed by atoms with E-state index in [2.05, 4.69) is 6.92 Å². The number of rotatable bonds is 15. The van der Waals surface area contributed by atoms with Gasteiger partial charge in [0, 0.05) is 36.2 Å². The molecule has 1 aromatic carbocycles. The Morgan fingerprint density at radius 1 is 1.19 bits per heavy atom. The molecule has 32 heavy (non-hydrogen) atoms. The molecule has 0 saturated heterocycles. The summed E-state index contributed by atoms with van der Waals surface area (Å²) < 4.78 is 0. The van der Waals surface area contributed by atoms with Crippen molar-refractivity contribution in [2.45, 2.75) is 88.1 Å². The van der Waals surface area contributed by atoms with Crippen LogP contribution in [0.1, 0.15) is 70.3 Å². The van der Waals surface area contributed by atoms with Crippen LogP contribution in [-0.2, 0) is 16.0 Å². The number of aliphatic hydroxyl groups is 2. The van der Waals surface area contributed by atoms with E-state index in [0.29, 0.717) is 37.9 Å². The number of carboxylic acid groups (broad SMARTS) is 1. The first-order valence-corrected chi connectivity index (χ1v) is 12.8. The third kappa shape index (κ3) is 9.08. The summed E-state index contributed by atoms with van der Waals surface area (Å²) in [5, 5.41) is 30.5. The topological polar surface area (TPSA) is 94.8 Å². The molecule has 0 radical (unpaired) electrons. The number of carbonyl (C=O) groups excluding carboxylic acids is 1. The highest BCUT2D eigenvalue weighted by Gasteiger charge is 2.42. The summed E-state index contributed by atoms with van der Waals surface area (Å²) >= 11 is 1.53. The lowest BCUT2D eigenvalue weighted by Gasteiger charge is -2.31. The first-order valence-electron chi connectivity index (χ1n) is 11.8. The van der Waals surface area contributed by atoms with Gasteiger partial charge in [-0.05, 0) is 31.2 Å². The molecule has 5 nitrogen and oxygen atoms in total. The van der Waals surface area contributed by atoms with Gasteiger partial charge in [-0.2, -0.15) is 11.8 Å². The highest BCUT2D eigenvalue weighted by Crippen LogP contribution is 2.38. The minimum Gasteiger partial charge on any atom is -0.481 e. The fourth-order valence-corrected chi connectivity index (χ4v) is 5.86. The molecule has 2 rings (SSSR count). The number of carbonyl (C=O) groups is 2. The quantitative estimate of drug-likeness (QED) is 0.256. The number of Topliss-reactive ketones (excluding diaryl/α,β-unsaturated/α-hetero) is 1. The minimum absolute atomic E-state index is 0.0720. The highest BCUT2D eigenvalue weighted by atomic mass is 32.2. The molecule has 1 fully saturated rings. The molecule has 0 heterocycles. The van der Waals surface area contributed by atoms with Crippen molar-refractivity contribution < 1.29 is 24.9 Å². The van der Waals surface area contributed by atoms with Crippen LogP contribution in [0.3, 0.4) is 0 Å². The van der Waals surface area contributed by atoms with E-state index in [0.717, 1.165) is 24.8 Å². The molecule has 0 amide bonds. The van der Waals surface area contributed by atoms with Crippen molar-refractivity contribution in [2.75, 3.05) is 5.75 Å². The van der Waals surface area contributed by atoms with Crippen LogP contribution in [0, 0.1) is 5.92 Å². The van der Waals surface area contributed by atoms with Crippen LogP contribution in [-0.4, -0.2) is 49.8 Å². The number of ketones is 1. The average Bonchev–Trinajstić information content (AvgIpc) is 3.02. The van der Waals surface area contributed by atoms with E-state index in [4.69, 9.17) is 5.11 Å². The van der Waals surface area contributed by atoms with Gasteiger partial charge in [-0.15, -0.1) is 0 Å². The summed E-state index contributed by atoms with van der Waals surface area (Å²) in [7, 11) is 0. The van der Waals surface area contributed by atoms with Crippen LogP contribution in [0.15, 0.2) is 42.5 Å². The molecule has 0 spiro atoms. The van der Waals surface area contributed by atoms with E-state index in [1.165, 1.54) is 11.8 Å². The zero-order chi connectivity index (χ0) is 23.4. The Morgan fingerprint density at radius 2 is 1.94 bits per heavy atom. The molecule has 4 atom stereocenters. The van der Waals surface area contributed by atoms with Gasteiger partial charge in [0.1, 0.15) is 5.78 Å². The number of aliphatic hydroxyl groups excluding tert-OH is 1. The summed E-state index contributed by atoms with van der Waals surface area (Å²) in [6.45, 7) is 2.14. The van der Waals surface area contributed by atoms with Crippen LogP contribution < -0.4 is 0 Å². The van der Waals surface area contributed by atoms with Crippen LogP contribution >= 0.6 is 11.8 Å². The van der Waals surface area contributed by atoms with E-state index in [1.807, 2.05) is 42.5 Å². The van der Waals surface area contributed by atoms with Crippen molar-refractivity contribution in [3.05, 3.63) is 48.0 Å². The maximum Gasteiger partial charge on any atom is 0.303 e. The second kappa shape index (κ2) is 13.8. The number of hydrogen-bond donors (Lipinski definition) is 3. The summed E-state index contributed by atoms with van der Waals surface area (Å²) in [5.41, 5.74) is 0.222.